The fourth-order valence-electron chi connectivity index (χ4n) is 3.83. The van der Waals surface area contributed by atoms with Crippen molar-refractivity contribution in [1.82, 2.24) is 14.9 Å². The molecule has 0 radical (unpaired) electrons. The summed E-state index contributed by atoms with van der Waals surface area (Å²) in [6, 6.07) is 7.65. The smallest absolute Gasteiger partial charge is 0.257 e. The number of hydrogen-bond acceptors (Lipinski definition) is 7. The number of nitrogen functional groups attached to an aromatic ring is 1. The number of aryl methyl sites for hydroxylation is 1. The van der Waals surface area contributed by atoms with Gasteiger partial charge in [0.15, 0.2) is 0 Å². The van der Waals surface area contributed by atoms with Crippen LogP contribution in [0.4, 0.5) is 15.9 Å². The Labute approximate surface area is 185 Å². The molecule has 2 heterocycles. The Bertz CT molecular complexity index is 1140. The lowest BCUT2D eigenvalue weighted by atomic mass is 10.1. The second-order valence-electron chi connectivity index (χ2n) is 7.78. The van der Waals surface area contributed by atoms with Gasteiger partial charge in [-0.1, -0.05) is 0 Å². The molecule has 1 atom stereocenters. The fraction of sp³-hybridized carbons (Fsp3) is 0.348. The van der Waals surface area contributed by atoms with Crippen molar-refractivity contribution in [3.8, 4) is 5.75 Å². The van der Waals surface area contributed by atoms with Crippen LogP contribution in [0.2, 0.25) is 0 Å². The molecule has 4 rings (SSSR count). The van der Waals surface area contributed by atoms with Gasteiger partial charge in [0, 0.05) is 24.2 Å². The van der Waals surface area contributed by atoms with Gasteiger partial charge in [-0.25, -0.2) is 14.4 Å². The van der Waals surface area contributed by atoms with E-state index in [1.807, 2.05) is 6.92 Å². The van der Waals surface area contributed by atoms with Gasteiger partial charge in [0.25, 0.3) is 5.91 Å². The highest BCUT2D eigenvalue weighted by Crippen LogP contribution is 2.32. The minimum Gasteiger partial charge on any atom is -0.496 e. The number of aromatic nitrogens is 2. The summed E-state index contributed by atoms with van der Waals surface area (Å²) in [6.07, 6.45) is 0. The summed E-state index contributed by atoms with van der Waals surface area (Å²) in [5.74, 6) is 1.02. The van der Waals surface area contributed by atoms with Crippen LogP contribution < -0.4 is 15.8 Å². The van der Waals surface area contributed by atoms with Crippen LogP contribution in [-0.4, -0.2) is 54.2 Å². The van der Waals surface area contributed by atoms with E-state index in [1.54, 1.807) is 30.0 Å². The number of ether oxygens (including phenoxy) is 2. The number of nitrogens with two attached hydrogens (primary N) is 1. The molecule has 0 aliphatic carbocycles. The molecule has 0 bridgehead atoms. The first-order valence-corrected chi connectivity index (χ1v) is 10.4. The van der Waals surface area contributed by atoms with Crippen molar-refractivity contribution in [3.63, 3.8) is 0 Å². The van der Waals surface area contributed by atoms with Crippen molar-refractivity contribution < 1.29 is 18.7 Å². The van der Waals surface area contributed by atoms with Gasteiger partial charge < -0.3 is 25.4 Å². The quantitative estimate of drug-likeness (QED) is 0.588. The van der Waals surface area contributed by atoms with Crippen molar-refractivity contribution in [2.75, 3.05) is 44.5 Å². The molecule has 32 heavy (non-hydrogen) atoms. The first-order valence-electron chi connectivity index (χ1n) is 10.4. The molecule has 1 fully saturated rings. The summed E-state index contributed by atoms with van der Waals surface area (Å²) in [5, 5.41) is 4.02. The van der Waals surface area contributed by atoms with E-state index in [-0.39, 0.29) is 11.9 Å². The Morgan fingerprint density at radius 1 is 1.22 bits per heavy atom. The molecule has 0 unspecified atom stereocenters. The standard InChI is InChI=1S/C23H26FN5O3/c1-13(15-8-16(24)10-17(25)9-15)26-22-18-12-21(31-3)19(11-20(18)27-14(2)28-22)23(30)29-4-6-32-7-5-29/h8-13H,4-7,25H2,1-3H3,(H,26,27,28)/t13-/m1/s1. The topological polar surface area (TPSA) is 103 Å². The van der Waals surface area contributed by atoms with Crippen LogP contribution in [0.25, 0.3) is 10.9 Å². The van der Waals surface area contributed by atoms with Gasteiger partial charge in [-0.15, -0.1) is 0 Å². The zero-order chi connectivity index (χ0) is 22.8. The largest absolute Gasteiger partial charge is 0.496 e. The van der Waals surface area contributed by atoms with E-state index >= 15 is 0 Å². The molecular weight excluding hydrogens is 413 g/mol. The van der Waals surface area contributed by atoms with Gasteiger partial charge in [-0.05, 0) is 49.7 Å². The number of nitrogens with zero attached hydrogens (tertiary/aromatic N) is 3. The Morgan fingerprint density at radius 3 is 2.66 bits per heavy atom. The number of fused-ring (bicyclic) bond motifs is 1. The fourth-order valence-corrected chi connectivity index (χ4v) is 3.83. The number of amides is 1. The van der Waals surface area contributed by atoms with E-state index in [9.17, 15) is 9.18 Å². The molecule has 0 saturated carbocycles. The Hall–Kier alpha value is -3.46. The summed E-state index contributed by atoms with van der Waals surface area (Å²) in [6.45, 7) is 5.76. The number of anilines is 2. The third-order valence-corrected chi connectivity index (χ3v) is 5.45. The second-order valence-corrected chi connectivity index (χ2v) is 7.78. The maximum Gasteiger partial charge on any atom is 0.257 e. The zero-order valence-corrected chi connectivity index (χ0v) is 18.3. The van der Waals surface area contributed by atoms with Crippen LogP contribution in [0, 0.1) is 12.7 Å². The number of hydrogen-bond donors (Lipinski definition) is 2. The van der Waals surface area contributed by atoms with Crippen molar-refractivity contribution in [2.45, 2.75) is 19.9 Å². The van der Waals surface area contributed by atoms with Crippen LogP contribution in [0.3, 0.4) is 0 Å². The van der Waals surface area contributed by atoms with Crippen LogP contribution in [0.5, 0.6) is 5.75 Å². The summed E-state index contributed by atoms with van der Waals surface area (Å²) >= 11 is 0. The minimum absolute atomic E-state index is 0.124. The van der Waals surface area contributed by atoms with E-state index in [4.69, 9.17) is 15.2 Å². The Morgan fingerprint density at radius 2 is 1.97 bits per heavy atom. The molecule has 2 aromatic carbocycles. The summed E-state index contributed by atoms with van der Waals surface area (Å²) in [7, 11) is 1.53. The van der Waals surface area contributed by atoms with Gasteiger partial charge in [-0.2, -0.15) is 0 Å². The molecule has 1 amide bonds. The average Bonchev–Trinajstić information content (AvgIpc) is 2.77. The van der Waals surface area contributed by atoms with Crippen molar-refractivity contribution in [1.29, 1.82) is 0 Å². The minimum atomic E-state index is -0.398. The third-order valence-electron chi connectivity index (χ3n) is 5.45. The molecule has 3 N–H and O–H groups in total. The number of halogens is 1. The molecule has 1 aromatic heterocycles. The molecule has 8 nitrogen and oxygen atoms in total. The Kier molecular flexibility index (Phi) is 6.09. The van der Waals surface area contributed by atoms with Gasteiger partial charge in [0.05, 0.1) is 37.4 Å². The molecule has 1 aliphatic rings. The van der Waals surface area contributed by atoms with E-state index in [0.29, 0.717) is 71.4 Å². The number of rotatable bonds is 5. The number of methoxy groups -OCH3 is 1. The molecule has 9 heteroatoms. The summed E-state index contributed by atoms with van der Waals surface area (Å²) < 4.78 is 24.7. The number of carbonyl (C=O) groups excluding carboxylic acids is 1. The normalized spacial score (nSPS) is 14.9. The first-order chi connectivity index (χ1) is 15.4. The van der Waals surface area contributed by atoms with E-state index in [2.05, 4.69) is 15.3 Å². The maximum absolute atomic E-state index is 13.8. The number of carbonyl (C=O) groups is 1. The SMILES string of the molecule is COc1cc2c(N[C@H](C)c3cc(N)cc(F)c3)nc(C)nc2cc1C(=O)N1CCOCC1. The first kappa shape index (κ1) is 21.8. The number of morpholine rings is 1. The number of nitrogens with one attached hydrogen (secondary N) is 1. The predicted octanol–water partition coefficient (Wildman–Crippen LogP) is 3.31. The maximum atomic E-state index is 13.8. The highest BCUT2D eigenvalue weighted by molar-refractivity contribution is 6.02. The average molecular weight is 439 g/mol. The molecule has 1 saturated heterocycles. The number of benzene rings is 2. The van der Waals surface area contributed by atoms with E-state index in [0.717, 1.165) is 0 Å². The van der Waals surface area contributed by atoms with Crippen LogP contribution in [-0.2, 0) is 4.74 Å². The van der Waals surface area contributed by atoms with Crippen LogP contribution in [0.15, 0.2) is 30.3 Å². The monoisotopic (exact) mass is 439 g/mol. The zero-order valence-electron chi connectivity index (χ0n) is 18.3. The van der Waals surface area contributed by atoms with Gasteiger partial charge in [-0.3, -0.25) is 4.79 Å². The lowest BCUT2D eigenvalue weighted by Gasteiger charge is -2.27. The molecule has 0 spiro atoms. The van der Waals surface area contributed by atoms with Crippen molar-refractivity contribution in [2.24, 2.45) is 0 Å². The van der Waals surface area contributed by atoms with Crippen LogP contribution >= 0.6 is 0 Å². The highest BCUT2D eigenvalue weighted by Gasteiger charge is 2.24. The lowest BCUT2D eigenvalue weighted by molar-refractivity contribution is 0.0301. The van der Waals surface area contributed by atoms with Crippen molar-refractivity contribution >= 4 is 28.3 Å². The summed E-state index contributed by atoms with van der Waals surface area (Å²) in [5.41, 5.74) is 7.90. The molecular formula is C23H26FN5O3. The van der Waals surface area contributed by atoms with E-state index in [1.165, 1.54) is 19.2 Å². The van der Waals surface area contributed by atoms with Gasteiger partial charge in [0.2, 0.25) is 0 Å². The van der Waals surface area contributed by atoms with E-state index < -0.39 is 5.82 Å². The predicted molar refractivity (Wildman–Crippen MR) is 120 cm³/mol. The second kappa shape index (κ2) is 8.96. The molecule has 168 valence electrons. The molecule has 1 aliphatic heterocycles. The molecule has 3 aromatic rings. The van der Waals surface area contributed by atoms with Gasteiger partial charge in [0.1, 0.15) is 23.2 Å². The Balaban J connectivity index is 1.73. The van der Waals surface area contributed by atoms with Gasteiger partial charge >= 0.3 is 0 Å². The highest BCUT2D eigenvalue weighted by atomic mass is 19.1. The summed E-state index contributed by atoms with van der Waals surface area (Å²) in [4.78, 5) is 23.9. The van der Waals surface area contributed by atoms with Crippen molar-refractivity contribution in [3.05, 3.63) is 53.1 Å². The van der Waals surface area contributed by atoms with Crippen LogP contribution in [0.1, 0.15) is 34.7 Å². The third kappa shape index (κ3) is 4.43. The lowest BCUT2D eigenvalue weighted by Crippen LogP contribution is -2.40.